The Labute approximate surface area is 126 Å². The van der Waals surface area contributed by atoms with Crippen molar-refractivity contribution in [3.63, 3.8) is 0 Å². The number of fused-ring (bicyclic) bond motifs is 1. The van der Waals surface area contributed by atoms with E-state index >= 15 is 0 Å². The third kappa shape index (κ3) is 2.50. The molecule has 2 aromatic carbocycles. The van der Waals surface area contributed by atoms with E-state index in [4.69, 9.17) is 5.73 Å². The average molecular weight is 298 g/mol. The van der Waals surface area contributed by atoms with Gasteiger partial charge in [-0.05, 0) is 24.3 Å². The van der Waals surface area contributed by atoms with E-state index < -0.39 is 5.82 Å². The van der Waals surface area contributed by atoms with Gasteiger partial charge in [-0.15, -0.1) is 0 Å². The van der Waals surface area contributed by atoms with Crippen molar-refractivity contribution in [1.82, 2.24) is 14.9 Å². The van der Waals surface area contributed by atoms with Gasteiger partial charge in [-0.2, -0.15) is 0 Å². The van der Waals surface area contributed by atoms with Crippen molar-refractivity contribution in [2.24, 2.45) is 0 Å². The van der Waals surface area contributed by atoms with Gasteiger partial charge in [-0.1, -0.05) is 18.2 Å². The molecule has 1 aromatic heterocycles. The molecule has 22 heavy (non-hydrogen) atoms. The summed E-state index contributed by atoms with van der Waals surface area (Å²) in [6.07, 6.45) is 0. The monoisotopic (exact) mass is 298 g/mol. The van der Waals surface area contributed by atoms with Gasteiger partial charge < -0.3 is 15.6 Å². The van der Waals surface area contributed by atoms with Crippen LogP contribution in [0.2, 0.25) is 0 Å². The van der Waals surface area contributed by atoms with E-state index in [1.165, 1.54) is 23.1 Å². The molecule has 0 aliphatic carbocycles. The molecular weight excluding hydrogens is 283 g/mol. The van der Waals surface area contributed by atoms with Crippen LogP contribution in [0.25, 0.3) is 11.0 Å². The number of benzene rings is 2. The van der Waals surface area contributed by atoms with Crippen LogP contribution >= 0.6 is 0 Å². The van der Waals surface area contributed by atoms with Gasteiger partial charge in [0, 0.05) is 7.05 Å². The molecule has 6 heteroatoms. The third-order valence-corrected chi connectivity index (χ3v) is 3.46. The van der Waals surface area contributed by atoms with Gasteiger partial charge in [0.15, 0.2) is 0 Å². The highest BCUT2D eigenvalue weighted by molar-refractivity contribution is 5.99. The summed E-state index contributed by atoms with van der Waals surface area (Å²) in [6, 6.07) is 11.8. The van der Waals surface area contributed by atoms with Crippen LogP contribution in [-0.4, -0.2) is 27.8 Å². The minimum atomic E-state index is -0.594. The number of carbonyl (C=O) groups excluding carboxylic acids is 1. The Morgan fingerprint density at radius 2 is 2.05 bits per heavy atom. The van der Waals surface area contributed by atoms with Crippen molar-refractivity contribution < 1.29 is 9.18 Å². The molecule has 5 nitrogen and oxygen atoms in total. The second kappa shape index (κ2) is 5.48. The number of anilines is 1. The van der Waals surface area contributed by atoms with E-state index in [0.717, 1.165) is 11.0 Å². The molecule has 0 aliphatic heterocycles. The fourth-order valence-corrected chi connectivity index (χ4v) is 2.31. The van der Waals surface area contributed by atoms with Crippen LogP contribution in [0.15, 0.2) is 42.5 Å². The summed E-state index contributed by atoms with van der Waals surface area (Å²) in [7, 11) is 1.62. The van der Waals surface area contributed by atoms with Crippen LogP contribution in [0, 0.1) is 5.82 Å². The van der Waals surface area contributed by atoms with Crippen LogP contribution in [0.1, 0.15) is 16.2 Å². The highest BCUT2D eigenvalue weighted by Crippen LogP contribution is 2.18. The molecule has 0 fully saturated rings. The summed E-state index contributed by atoms with van der Waals surface area (Å²) in [6.45, 7) is 0.281. The molecule has 0 atom stereocenters. The summed E-state index contributed by atoms with van der Waals surface area (Å²) in [5, 5.41) is 0. The number of halogens is 1. The Bertz CT molecular complexity index is 810. The molecule has 0 saturated carbocycles. The standard InChI is InChI=1S/C16H15FN4O/c1-21(16(22)10-5-4-6-11(17)15(10)18)9-14-19-12-7-2-3-8-13(12)20-14/h2-8H,9,18H2,1H3,(H,19,20). The van der Waals surface area contributed by atoms with Crippen molar-refractivity contribution in [1.29, 1.82) is 0 Å². The fraction of sp³-hybridized carbons (Fsp3) is 0.125. The minimum Gasteiger partial charge on any atom is -0.396 e. The van der Waals surface area contributed by atoms with Crippen LogP contribution in [0.3, 0.4) is 0 Å². The summed E-state index contributed by atoms with van der Waals surface area (Å²) < 4.78 is 13.5. The fourth-order valence-electron chi connectivity index (χ4n) is 2.31. The van der Waals surface area contributed by atoms with Crippen LogP contribution in [0.5, 0.6) is 0 Å². The average Bonchev–Trinajstić information content (AvgIpc) is 2.91. The number of imidazole rings is 1. The van der Waals surface area contributed by atoms with Crippen LogP contribution < -0.4 is 5.73 Å². The first-order chi connectivity index (χ1) is 10.6. The third-order valence-electron chi connectivity index (χ3n) is 3.46. The van der Waals surface area contributed by atoms with Gasteiger partial charge in [-0.3, -0.25) is 4.79 Å². The first-order valence-electron chi connectivity index (χ1n) is 6.79. The molecule has 0 aliphatic rings. The Morgan fingerprint density at radius 1 is 1.27 bits per heavy atom. The number of H-pyrrole nitrogens is 1. The van der Waals surface area contributed by atoms with Crippen molar-refractivity contribution in [2.75, 3.05) is 12.8 Å². The van der Waals surface area contributed by atoms with Gasteiger partial charge in [0.1, 0.15) is 11.6 Å². The maximum Gasteiger partial charge on any atom is 0.256 e. The predicted molar refractivity (Wildman–Crippen MR) is 82.7 cm³/mol. The molecule has 0 bridgehead atoms. The number of nitrogen functional groups attached to an aromatic ring is 1. The number of para-hydroxylation sites is 3. The van der Waals surface area contributed by atoms with E-state index in [9.17, 15) is 9.18 Å². The SMILES string of the molecule is CN(Cc1nc2ccccc2[nH]1)C(=O)c1cccc(F)c1N. The number of aromatic amines is 1. The van der Waals surface area contributed by atoms with Gasteiger partial charge in [-0.25, -0.2) is 9.37 Å². The number of nitrogens with zero attached hydrogens (tertiary/aromatic N) is 2. The molecule has 0 saturated heterocycles. The Balaban J connectivity index is 1.83. The number of nitrogens with two attached hydrogens (primary N) is 1. The Kier molecular flexibility index (Phi) is 3.50. The summed E-state index contributed by atoms with van der Waals surface area (Å²) in [5.74, 6) is -0.285. The van der Waals surface area contributed by atoms with Gasteiger partial charge in [0.2, 0.25) is 0 Å². The van der Waals surface area contributed by atoms with Gasteiger partial charge in [0.05, 0.1) is 28.8 Å². The summed E-state index contributed by atoms with van der Waals surface area (Å²) in [4.78, 5) is 21.4. The van der Waals surface area contributed by atoms with E-state index in [1.807, 2.05) is 24.3 Å². The molecule has 3 aromatic rings. The highest BCUT2D eigenvalue weighted by atomic mass is 19.1. The first-order valence-corrected chi connectivity index (χ1v) is 6.79. The van der Waals surface area contributed by atoms with Crippen molar-refractivity contribution in [3.05, 3.63) is 59.7 Å². The molecule has 0 spiro atoms. The van der Waals surface area contributed by atoms with Crippen molar-refractivity contribution in [3.8, 4) is 0 Å². The predicted octanol–water partition coefficient (Wildman–Crippen LogP) is 2.56. The number of carbonyl (C=O) groups is 1. The lowest BCUT2D eigenvalue weighted by Gasteiger charge is -2.17. The number of aromatic nitrogens is 2. The maximum atomic E-state index is 13.5. The zero-order chi connectivity index (χ0) is 15.7. The molecule has 0 unspecified atom stereocenters. The summed E-state index contributed by atoms with van der Waals surface area (Å²) in [5.41, 5.74) is 7.39. The molecule has 3 rings (SSSR count). The maximum absolute atomic E-state index is 13.5. The van der Waals surface area contributed by atoms with Crippen molar-refractivity contribution >= 4 is 22.6 Å². The van der Waals surface area contributed by atoms with Gasteiger partial charge >= 0.3 is 0 Å². The molecule has 3 N–H and O–H groups in total. The molecule has 112 valence electrons. The van der Waals surface area contributed by atoms with Crippen LogP contribution in [-0.2, 0) is 6.54 Å². The zero-order valence-corrected chi connectivity index (χ0v) is 12.0. The van der Waals surface area contributed by atoms with Crippen LogP contribution in [0.4, 0.5) is 10.1 Å². The Morgan fingerprint density at radius 3 is 2.82 bits per heavy atom. The lowest BCUT2D eigenvalue weighted by molar-refractivity contribution is 0.0782. The zero-order valence-electron chi connectivity index (χ0n) is 12.0. The lowest BCUT2D eigenvalue weighted by Crippen LogP contribution is -2.27. The Hall–Kier alpha value is -2.89. The molecule has 0 radical (unpaired) electrons. The second-order valence-electron chi connectivity index (χ2n) is 5.06. The quantitative estimate of drug-likeness (QED) is 0.730. The van der Waals surface area contributed by atoms with Gasteiger partial charge in [0.25, 0.3) is 5.91 Å². The second-order valence-corrected chi connectivity index (χ2v) is 5.06. The highest BCUT2D eigenvalue weighted by Gasteiger charge is 2.18. The number of rotatable bonds is 3. The smallest absolute Gasteiger partial charge is 0.256 e. The van der Waals surface area contributed by atoms with E-state index in [2.05, 4.69) is 9.97 Å². The largest absolute Gasteiger partial charge is 0.396 e. The normalized spacial score (nSPS) is 10.8. The number of hydrogen-bond donors (Lipinski definition) is 2. The number of amides is 1. The molecule has 1 amide bonds. The number of hydrogen-bond acceptors (Lipinski definition) is 3. The van der Waals surface area contributed by atoms with E-state index in [0.29, 0.717) is 5.82 Å². The summed E-state index contributed by atoms with van der Waals surface area (Å²) >= 11 is 0. The van der Waals surface area contributed by atoms with E-state index in [1.54, 1.807) is 7.05 Å². The minimum absolute atomic E-state index is 0.135. The molecular formula is C16H15FN4O. The lowest BCUT2D eigenvalue weighted by atomic mass is 10.1. The number of nitrogens with one attached hydrogen (secondary N) is 1. The van der Waals surface area contributed by atoms with Crippen molar-refractivity contribution in [2.45, 2.75) is 6.54 Å². The topological polar surface area (TPSA) is 75.0 Å². The molecule has 1 heterocycles. The first kappa shape index (κ1) is 14.1. The van der Waals surface area contributed by atoms with E-state index in [-0.39, 0.29) is 23.7 Å².